The minimum atomic E-state index is 0.714. The molecule has 0 spiro atoms. The lowest BCUT2D eigenvalue weighted by Gasteiger charge is -2.26. The first-order valence-electron chi connectivity index (χ1n) is 5.13. The zero-order valence-electron chi connectivity index (χ0n) is 8.55. The molecule has 1 aliphatic carbocycles. The maximum absolute atomic E-state index is 3.83. The zero-order chi connectivity index (χ0) is 9.40. The van der Waals surface area contributed by atoms with Gasteiger partial charge >= 0.3 is 0 Å². The summed E-state index contributed by atoms with van der Waals surface area (Å²) in [4.78, 5) is 0. The highest BCUT2D eigenvalue weighted by Gasteiger charge is 2.18. The molecule has 1 rings (SSSR count). The van der Waals surface area contributed by atoms with Crippen LogP contribution < -0.4 is 0 Å². The monoisotopic (exact) mass is 166 g/mol. The van der Waals surface area contributed by atoms with E-state index >= 15 is 0 Å². The highest BCUT2D eigenvalue weighted by atomic mass is 14.2. The normalized spacial score (nSPS) is 28.2. The van der Waals surface area contributed by atoms with Crippen LogP contribution in [0.25, 0.3) is 0 Å². The summed E-state index contributed by atoms with van der Waals surface area (Å²) in [6, 6.07) is 0. The van der Waals surface area contributed by atoms with Crippen molar-refractivity contribution in [1.82, 2.24) is 0 Å². The van der Waals surface area contributed by atoms with E-state index in [-0.39, 0.29) is 0 Å². The predicted molar refractivity (Wildman–Crippen MR) is 57.2 cm³/mol. The lowest BCUT2D eigenvalue weighted by Crippen LogP contribution is -2.14. The van der Waals surface area contributed by atoms with Gasteiger partial charge in [0.1, 0.15) is 0 Å². The second-order valence-electron chi connectivity index (χ2n) is 3.08. The van der Waals surface area contributed by atoms with Crippen LogP contribution in [0.3, 0.4) is 0 Å². The molecule has 70 valence electrons. The molecule has 12 heavy (non-hydrogen) atoms. The molecule has 1 saturated carbocycles. The van der Waals surface area contributed by atoms with Crippen LogP contribution in [0, 0.1) is 11.8 Å². The summed E-state index contributed by atoms with van der Waals surface area (Å²) in [5.41, 5.74) is 0. The predicted octanol–water partition coefficient (Wildman–Crippen LogP) is 4.19. The summed E-state index contributed by atoms with van der Waals surface area (Å²) >= 11 is 0. The van der Waals surface area contributed by atoms with Gasteiger partial charge in [0.2, 0.25) is 0 Å². The second-order valence-corrected chi connectivity index (χ2v) is 3.08. The fraction of sp³-hybridized carbons (Fsp3) is 0.667. The molecule has 1 aliphatic rings. The largest absolute Gasteiger partial charge is 0.103 e. The van der Waals surface area contributed by atoms with Crippen molar-refractivity contribution in [1.29, 1.82) is 0 Å². The van der Waals surface area contributed by atoms with Gasteiger partial charge in [-0.2, -0.15) is 0 Å². The Morgan fingerprint density at radius 2 is 1.25 bits per heavy atom. The second kappa shape index (κ2) is 7.15. The Morgan fingerprint density at radius 3 is 1.50 bits per heavy atom. The fourth-order valence-electron chi connectivity index (χ4n) is 1.77. The topological polar surface area (TPSA) is 0 Å². The van der Waals surface area contributed by atoms with E-state index in [2.05, 4.69) is 25.3 Å². The van der Waals surface area contributed by atoms with E-state index in [1.165, 1.54) is 25.7 Å². The highest BCUT2D eigenvalue weighted by Crippen LogP contribution is 2.30. The van der Waals surface area contributed by atoms with Crippen LogP contribution in [0.5, 0.6) is 0 Å². The van der Waals surface area contributed by atoms with Crippen molar-refractivity contribution >= 4 is 0 Å². The van der Waals surface area contributed by atoms with Crippen molar-refractivity contribution in [2.45, 2.75) is 39.5 Å². The van der Waals surface area contributed by atoms with Gasteiger partial charge in [-0.25, -0.2) is 0 Å². The van der Waals surface area contributed by atoms with Gasteiger partial charge in [0.25, 0.3) is 0 Å². The molecule has 2 atom stereocenters. The maximum Gasteiger partial charge on any atom is -0.0173 e. The van der Waals surface area contributed by atoms with Crippen LogP contribution in [-0.4, -0.2) is 0 Å². The zero-order valence-corrected chi connectivity index (χ0v) is 8.55. The molecule has 0 N–H and O–H groups in total. The number of allylic oxidation sites excluding steroid dienone is 2. The Bertz CT molecular complexity index is 108. The molecule has 0 aromatic heterocycles. The lowest BCUT2D eigenvalue weighted by molar-refractivity contribution is 0.338. The van der Waals surface area contributed by atoms with E-state index in [4.69, 9.17) is 0 Å². The Balaban J connectivity index is 0.000000561. The first-order valence-corrected chi connectivity index (χ1v) is 5.13. The van der Waals surface area contributed by atoms with Gasteiger partial charge in [-0.15, -0.1) is 13.2 Å². The molecule has 0 nitrogen and oxygen atoms in total. The smallest absolute Gasteiger partial charge is 0.0173 e. The maximum atomic E-state index is 3.83. The molecule has 0 aliphatic heterocycles. The van der Waals surface area contributed by atoms with Gasteiger partial charge in [-0.05, 0) is 24.7 Å². The van der Waals surface area contributed by atoms with Crippen LogP contribution in [-0.2, 0) is 0 Å². The van der Waals surface area contributed by atoms with Crippen molar-refractivity contribution in [3.8, 4) is 0 Å². The third kappa shape index (κ3) is 3.25. The molecule has 0 heteroatoms. The molecule has 0 radical (unpaired) electrons. The molecule has 0 aromatic rings. The minimum absolute atomic E-state index is 0.714. The van der Waals surface area contributed by atoms with Gasteiger partial charge in [-0.1, -0.05) is 38.8 Å². The van der Waals surface area contributed by atoms with Gasteiger partial charge in [0, 0.05) is 0 Å². The Hall–Kier alpha value is -0.520. The van der Waals surface area contributed by atoms with Crippen LogP contribution in [0.1, 0.15) is 39.5 Å². The van der Waals surface area contributed by atoms with Crippen molar-refractivity contribution in [2.24, 2.45) is 11.8 Å². The minimum Gasteiger partial charge on any atom is -0.103 e. The number of hydrogen-bond acceptors (Lipinski definition) is 0. The summed E-state index contributed by atoms with van der Waals surface area (Å²) in [5, 5.41) is 0. The standard InChI is InChI=1S/C10H16.C2H6/c1-3-9-7-5-6-8-10(9)4-2;1-2/h3-4,9-10H,1-2,5-8H2;1-2H3. The van der Waals surface area contributed by atoms with E-state index in [1.54, 1.807) is 0 Å². The first kappa shape index (κ1) is 11.5. The molecule has 0 saturated heterocycles. The van der Waals surface area contributed by atoms with Gasteiger partial charge in [0.15, 0.2) is 0 Å². The SMILES string of the molecule is C=CC1CCCCC1C=C.CC. The van der Waals surface area contributed by atoms with Crippen molar-refractivity contribution in [3.05, 3.63) is 25.3 Å². The third-order valence-electron chi connectivity index (χ3n) is 2.48. The van der Waals surface area contributed by atoms with Crippen LogP contribution in [0.2, 0.25) is 0 Å². The Morgan fingerprint density at radius 1 is 0.917 bits per heavy atom. The molecular formula is C12H22. The first-order chi connectivity index (χ1) is 5.88. The van der Waals surface area contributed by atoms with Crippen molar-refractivity contribution < 1.29 is 0 Å². The summed E-state index contributed by atoms with van der Waals surface area (Å²) in [6.45, 7) is 11.7. The summed E-state index contributed by atoms with van der Waals surface area (Å²) in [6.07, 6.45) is 9.57. The Kier molecular flexibility index (Phi) is 6.84. The van der Waals surface area contributed by atoms with E-state index in [0.717, 1.165) is 0 Å². The quantitative estimate of drug-likeness (QED) is 0.539. The number of hydrogen-bond donors (Lipinski definition) is 0. The van der Waals surface area contributed by atoms with E-state index in [1.807, 2.05) is 13.8 Å². The third-order valence-corrected chi connectivity index (χ3v) is 2.48. The molecule has 0 amide bonds. The van der Waals surface area contributed by atoms with Crippen LogP contribution in [0.15, 0.2) is 25.3 Å². The Labute approximate surface area is 77.4 Å². The number of rotatable bonds is 2. The van der Waals surface area contributed by atoms with E-state index in [9.17, 15) is 0 Å². The molecule has 0 aromatic carbocycles. The fourth-order valence-corrected chi connectivity index (χ4v) is 1.77. The summed E-state index contributed by atoms with van der Waals surface area (Å²) in [5.74, 6) is 1.43. The van der Waals surface area contributed by atoms with Crippen LogP contribution >= 0.6 is 0 Å². The van der Waals surface area contributed by atoms with Gasteiger partial charge < -0.3 is 0 Å². The van der Waals surface area contributed by atoms with Crippen molar-refractivity contribution in [3.63, 3.8) is 0 Å². The summed E-state index contributed by atoms with van der Waals surface area (Å²) in [7, 11) is 0. The van der Waals surface area contributed by atoms with E-state index < -0.39 is 0 Å². The molecular weight excluding hydrogens is 144 g/mol. The lowest BCUT2D eigenvalue weighted by atomic mass is 9.79. The van der Waals surface area contributed by atoms with E-state index in [0.29, 0.717) is 11.8 Å². The summed E-state index contributed by atoms with van der Waals surface area (Å²) < 4.78 is 0. The molecule has 2 unspecified atom stereocenters. The molecule has 1 fully saturated rings. The molecule has 0 bridgehead atoms. The van der Waals surface area contributed by atoms with Gasteiger partial charge in [0.05, 0.1) is 0 Å². The average Bonchev–Trinajstić information content (AvgIpc) is 2.20. The van der Waals surface area contributed by atoms with Crippen LogP contribution in [0.4, 0.5) is 0 Å². The highest BCUT2D eigenvalue weighted by molar-refractivity contribution is 4.94. The van der Waals surface area contributed by atoms with Gasteiger partial charge in [-0.3, -0.25) is 0 Å². The average molecular weight is 166 g/mol. The van der Waals surface area contributed by atoms with Crippen molar-refractivity contribution in [2.75, 3.05) is 0 Å². The molecule has 0 heterocycles.